The molecule has 94 valence electrons. The molecule has 0 amide bonds. The number of nitrogens with zero attached hydrogens (tertiary/aromatic N) is 1. The van der Waals surface area contributed by atoms with Gasteiger partial charge in [0.25, 0.3) is 0 Å². The molecule has 0 bridgehead atoms. The highest BCUT2D eigenvalue weighted by Crippen LogP contribution is 2.43. The van der Waals surface area contributed by atoms with Crippen LogP contribution in [-0.4, -0.2) is 4.98 Å². The first-order valence-electron chi connectivity index (χ1n) is 5.02. The number of halogens is 4. The summed E-state index contributed by atoms with van der Waals surface area (Å²) in [6, 6.07) is 3.37. The third kappa shape index (κ3) is 2.58. The fourth-order valence-electron chi connectivity index (χ4n) is 1.56. The van der Waals surface area contributed by atoms with Crippen molar-refractivity contribution in [2.75, 3.05) is 0 Å². The lowest BCUT2D eigenvalue weighted by molar-refractivity contribution is 1.05. The van der Waals surface area contributed by atoms with E-state index in [1.807, 2.05) is 6.07 Å². The fourth-order valence-corrected chi connectivity index (χ4v) is 2.59. The quantitative estimate of drug-likeness (QED) is 0.805. The minimum Gasteiger partial charge on any atom is -0.326 e. The number of rotatable bonds is 2. The van der Waals surface area contributed by atoms with Crippen molar-refractivity contribution in [3.63, 3.8) is 0 Å². The summed E-state index contributed by atoms with van der Waals surface area (Å²) in [5.74, 6) is 0. The van der Waals surface area contributed by atoms with Gasteiger partial charge in [-0.05, 0) is 17.7 Å². The molecular formula is C12H8Cl4N2. The Hall–Kier alpha value is -0.510. The second-order valence-electron chi connectivity index (χ2n) is 3.63. The maximum Gasteiger partial charge on any atom is 0.0687 e. The van der Waals surface area contributed by atoms with Gasteiger partial charge in [-0.3, -0.25) is 4.98 Å². The second-order valence-corrected chi connectivity index (χ2v) is 5.20. The van der Waals surface area contributed by atoms with Crippen LogP contribution in [0.15, 0.2) is 24.5 Å². The van der Waals surface area contributed by atoms with E-state index >= 15 is 0 Å². The van der Waals surface area contributed by atoms with Crippen molar-refractivity contribution >= 4 is 46.4 Å². The molecule has 0 spiro atoms. The topological polar surface area (TPSA) is 38.9 Å². The van der Waals surface area contributed by atoms with Gasteiger partial charge < -0.3 is 5.73 Å². The Bertz CT molecular complexity index is 573. The minimum absolute atomic E-state index is 0.346. The number of benzene rings is 1. The van der Waals surface area contributed by atoms with E-state index < -0.39 is 0 Å². The molecule has 0 atom stereocenters. The largest absolute Gasteiger partial charge is 0.326 e. The summed E-state index contributed by atoms with van der Waals surface area (Å²) in [6.45, 7) is 0.379. The molecule has 18 heavy (non-hydrogen) atoms. The molecule has 2 N–H and O–H groups in total. The Kier molecular flexibility index (Phi) is 4.36. The van der Waals surface area contributed by atoms with Crippen molar-refractivity contribution in [2.24, 2.45) is 5.73 Å². The fraction of sp³-hybridized carbons (Fsp3) is 0.0833. The van der Waals surface area contributed by atoms with Crippen LogP contribution in [-0.2, 0) is 6.54 Å². The van der Waals surface area contributed by atoms with E-state index in [2.05, 4.69) is 4.98 Å². The zero-order valence-electron chi connectivity index (χ0n) is 9.05. The van der Waals surface area contributed by atoms with E-state index in [9.17, 15) is 0 Å². The highest BCUT2D eigenvalue weighted by Gasteiger charge is 2.16. The first-order chi connectivity index (χ1) is 8.54. The van der Waals surface area contributed by atoms with Gasteiger partial charge in [-0.1, -0.05) is 46.4 Å². The van der Waals surface area contributed by atoms with Crippen molar-refractivity contribution in [3.8, 4) is 11.1 Å². The normalized spacial score (nSPS) is 10.7. The molecule has 2 aromatic rings. The van der Waals surface area contributed by atoms with Crippen LogP contribution < -0.4 is 5.73 Å². The lowest BCUT2D eigenvalue weighted by Gasteiger charge is -2.11. The SMILES string of the molecule is NCc1cncc(-c2c(Cl)c(Cl)cc(Cl)c2Cl)c1. The van der Waals surface area contributed by atoms with Crippen molar-refractivity contribution in [2.45, 2.75) is 6.54 Å². The van der Waals surface area contributed by atoms with Crippen LogP contribution in [0, 0.1) is 0 Å². The van der Waals surface area contributed by atoms with Crippen LogP contribution in [0.5, 0.6) is 0 Å². The average molecular weight is 322 g/mol. The van der Waals surface area contributed by atoms with Crippen molar-refractivity contribution in [1.29, 1.82) is 0 Å². The monoisotopic (exact) mass is 320 g/mol. The summed E-state index contributed by atoms with van der Waals surface area (Å²) in [5, 5.41) is 1.39. The number of hydrogen-bond acceptors (Lipinski definition) is 2. The summed E-state index contributed by atoms with van der Waals surface area (Å²) < 4.78 is 0. The van der Waals surface area contributed by atoms with Crippen LogP contribution >= 0.6 is 46.4 Å². The van der Waals surface area contributed by atoms with E-state index in [0.29, 0.717) is 32.2 Å². The highest BCUT2D eigenvalue weighted by molar-refractivity contribution is 6.50. The van der Waals surface area contributed by atoms with Gasteiger partial charge in [-0.25, -0.2) is 0 Å². The lowest BCUT2D eigenvalue weighted by Crippen LogP contribution is -1.97. The molecule has 1 aromatic carbocycles. The molecule has 6 heteroatoms. The van der Waals surface area contributed by atoms with Crippen LogP contribution in [0.4, 0.5) is 0 Å². The van der Waals surface area contributed by atoms with Gasteiger partial charge in [-0.15, -0.1) is 0 Å². The number of aromatic nitrogens is 1. The summed E-state index contributed by atoms with van der Waals surface area (Å²) >= 11 is 24.3. The highest BCUT2D eigenvalue weighted by atomic mass is 35.5. The molecule has 2 rings (SSSR count). The predicted octanol–water partition coefficient (Wildman–Crippen LogP) is 4.82. The van der Waals surface area contributed by atoms with Crippen molar-refractivity contribution in [1.82, 2.24) is 4.98 Å². The Morgan fingerprint density at radius 2 is 1.56 bits per heavy atom. The molecule has 0 aliphatic rings. The summed E-state index contributed by atoms with van der Waals surface area (Å²) in [5.41, 5.74) is 7.75. The Labute approximate surface area is 125 Å². The second kappa shape index (κ2) is 5.64. The summed E-state index contributed by atoms with van der Waals surface area (Å²) in [6.07, 6.45) is 3.32. The zero-order valence-corrected chi connectivity index (χ0v) is 12.1. The van der Waals surface area contributed by atoms with Crippen molar-refractivity contribution in [3.05, 3.63) is 50.2 Å². The van der Waals surface area contributed by atoms with Crippen LogP contribution in [0.3, 0.4) is 0 Å². The molecule has 2 nitrogen and oxygen atoms in total. The van der Waals surface area contributed by atoms with Crippen LogP contribution in [0.2, 0.25) is 20.1 Å². The predicted molar refractivity (Wildman–Crippen MR) is 77.6 cm³/mol. The number of hydrogen-bond donors (Lipinski definition) is 1. The average Bonchev–Trinajstić information content (AvgIpc) is 2.37. The molecule has 1 heterocycles. The third-order valence-corrected chi connectivity index (χ3v) is 4.01. The van der Waals surface area contributed by atoms with E-state index in [-0.39, 0.29) is 0 Å². The molecule has 0 radical (unpaired) electrons. The summed E-state index contributed by atoms with van der Waals surface area (Å²) in [4.78, 5) is 4.09. The first-order valence-corrected chi connectivity index (χ1v) is 6.53. The Morgan fingerprint density at radius 3 is 2.11 bits per heavy atom. The van der Waals surface area contributed by atoms with Crippen molar-refractivity contribution < 1.29 is 0 Å². The third-order valence-electron chi connectivity index (χ3n) is 2.43. The first kappa shape index (κ1) is 13.9. The maximum atomic E-state index is 6.17. The lowest BCUT2D eigenvalue weighted by atomic mass is 10.1. The molecule has 0 aliphatic carbocycles. The molecule has 0 unspecified atom stereocenters. The number of pyridine rings is 1. The molecule has 0 saturated carbocycles. The van der Waals surface area contributed by atoms with Gasteiger partial charge in [0.05, 0.1) is 20.1 Å². The van der Waals surface area contributed by atoms with Crippen LogP contribution in [0.1, 0.15) is 5.56 Å². The molecule has 0 fully saturated rings. The Morgan fingerprint density at radius 1 is 0.944 bits per heavy atom. The molecule has 0 saturated heterocycles. The zero-order chi connectivity index (χ0) is 13.3. The Balaban J connectivity index is 2.70. The maximum absolute atomic E-state index is 6.17. The molecular weight excluding hydrogens is 314 g/mol. The van der Waals surface area contributed by atoms with Gasteiger partial charge in [0.15, 0.2) is 0 Å². The van der Waals surface area contributed by atoms with Gasteiger partial charge in [0.2, 0.25) is 0 Å². The van der Waals surface area contributed by atoms with Gasteiger partial charge in [-0.2, -0.15) is 0 Å². The van der Waals surface area contributed by atoms with Gasteiger partial charge in [0.1, 0.15) is 0 Å². The van der Waals surface area contributed by atoms with Crippen LogP contribution in [0.25, 0.3) is 11.1 Å². The standard InChI is InChI=1S/C12H8Cl4N2/c13-8-2-9(14)12(16)10(11(8)15)7-1-6(3-17)4-18-5-7/h1-2,4-5H,3,17H2. The molecule has 0 aliphatic heterocycles. The van der Waals surface area contributed by atoms with Gasteiger partial charge in [0, 0.05) is 30.1 Å². The van der Waals surface area contributed by atoms with E-state index in [4.69, 9.17) is 52.1 Å². The van der Waals surface area contributed by atoms with E-state index in [1.54, 1.807) is 12.4 Å². The molecule has 1 aromatic heterocycles. The smallest absolute Gasteiger partial charge is 0.0687 e. The number of nitrogens with two attached hydrogens (primary N) is 1. The minimum atomic E-state index is 0.346. The summed E-state index contributed by atoms with van der Waals surface area (Å²) in [7, 11) is 0. The van der Waals surface area contributed by atoms with E-state index in [0.717, 1.165) is 11.1 Å². The van der Waals surface area contributed by atoms with Gasteiger partial charge >= 0.3 is 0 Å². The van der Waals surface area contributed by atoms with E-state index in [1.165, 1.54) is 6.07 Å².